The number of aromatic nitrogens is 1. The van der Waals surface area contributed by atoms with Gasteiger partial charge in [-0.15, -0.1) is 11.3 Å². The highest BCUT2D eigenvalue weighted by atomic mass is 32.1. The van der Waals surface area contributed by atoms with E-state index in [2.05, 4.69) is 61.6 Å². The van der Waals surface area contributed by atoms with Gasteiger partial charge in [-0.25, -0.2) is 4.98 Å². The van der Waals surface area contributed by atoms with Crippen LogP contribution in [0.25, 0.3) is 0 Å². The van der Waals surface area contributed by atoms with E-state index in [0.29, 0.717) is 6.04 Å². The molecule has 0 bridgehead atoms. The standard InChI is InChI=1S/C17H24N2S/c1-5-18-16(10-17-19-14(4)11-20-17)9-15-7-12(2)6-13(3)8-15/h6-8,11,16,18H,5,9-10H2,1-4H3. The van der Waals surface area contributed by atoms with Gasteiger partial charge in [-0.1, -0.05) is 36.2 Å². The first-order valence-corrected chi connectivity index (χ1v) is 8.16. The summed E-state index contributed by atoms with van der Waals surface area (Å²) in [6.45, 7) is 9.57. The van der Waals surface area contributed by atoms with Crippen molar-refractivity contribution in [1.29, 1.82) is 0 Å². The average molecular weight is 288 g/mol. The molecule has 0 aliphatic heterocycles. The summed E-state index contributed by atoms with van der Waals surface area (Å²) in [4.78, 5) is 4.59. The van der Waals surface area contributed by atoms with Crippen LogP contribution >= 0.6 is 11.3 Å². The van der Waals surface area contributed by atoms with Crippen LogP contribution < -0.4 is 5.32 Å². The number of aryl methyl sites for hydroxylation is 3. The molecular weight excluding hydrogens is 264 g/mol. The van der Waals surface area contributed by atoms with E-state index in [1.807, 2.05) is 0 Å². The van der Waals surface area contributed by atoms with Crippen LogP contribution in [0.2, 0.25) is 0 Å². The van der Waals surface area contributed by atoms with E-state index in [1.54, 1.807) is 11.3 Å². The fourth-order valence-corrected chi connectivity index (χ4v) is 3.54. The molecule has 1 aromatic heterocycles. The lowest BCUT2D eigenvalue weighted by Crippen LogP contribution is -2.33. The molecule has 0 aliphatic rings. The molecule has 0 saturated carbocycles. The van der Waals surface area contributed by atoms with E-state index in [4.69, 9.17) is 0 Å². The first kappa shape index (κ1) is 15.2. The first-order chi connectivity index (χ1) is 9.56. The van der Waals surface area contributed by atoms with Crippen molar-refractivity contribution >= 4 is 11.3 Å². The van der Waals surface area contributed by atoms with Crippen molar-refractivity contribution in [2.75, 3.05) is 6.54 Å². The Morgan fingerprint density at radius 1 is 1.10 bits per heavy atom. The maximum Gasteiger partial charge on any atom is 0.0943 e. The number of likely N-dealkylation sites (N-methyl/N-ethyl adjacent to an activating group) is 1. The molecule has 1 heterocycles. The van der Waals surface area contributed by atoms with Gasteiger partial charge in [-0.3, -0.25) is 0 Å². The summed E-state index contributed by atoms with van der Waals surface area (Å²) in [6, 6.07) is 7.29. The normalized spacial score (nSPS) is 12.6. The van der Waals surface area contributed by atoms with Crippen molar-refractivity contribution in [1.82, 2.24) is 10.3 Å². The average Bonchev–Trinajstić information content (AvgIpc) is 2.73. The van der Waals surface area contributed by atoms with E-state index in [1.165, 1.54) is 21.7 Å². The van der Waals surface area contributed by atoms with Crippen LogP contribution in [-0.2, 0) is 12.8 Å². The van der Waals surface area contributed by atoms with Gasteiger partial charge in [-0.2, -0.15) is 0 Å². The first-order valence-electron chi connectivity index (χ1n) is 7.28. The molecule has 2 aromatic rings. The van der Waals surface area contributed by atoms with Gasteiger partial charge >= 0.3 is 0 Å². The number of benzene rings is 1. The smallest absolute Gasteiger partial charge is 0.0943 e. The monoisotopic (exact) mass is 288 g/mol. The number of hydrogen-bond acceptors (Lipinski definition) is 3. The summed E-state index contributed by atoms with van der Waals surface area (Å²) in [6.07, 6.45) is 2.08. The van der Waals surface area contributed by atoms with Crippen LogP contribution in [0.1, 0.15) is 34.3 Å². The molecule has 1 unspecified atom stereocenters. The fraction of sp³-hybridized carbons (Fsp3) is 0.471. The van der Waals surface area contributed by atoms with E-state index >= 15 is 0 Å². The highest BCUT2D eigenvalue weighted by Gasteiger charge is 2.12. The van der Waals surface area contributed by atoms with E-state index in [0.717, 1.165) is 25.1 Å². The molecule has 2 rings (SSSR count). The quantitative estimate of drug-likeness (QED) is 0.874. The molecule has 0 radical (unpaired) electrons. The lowest BCUT2D eigenvalue weighted by molar-refractivity contribution is 0.520. The van der Waals surface area contributed by atoms with Crippen molar-refractivity contribution in [2.45, 2.75) is 46.6 Å². The minimum Gasteiger partial charge on any atom is -0.314 e. The second-order valence-corrected chi connectivity index (χ2v) is 6.48. The van der Waals surface area contributed by atoms with Gasteiger partial charge in [0.1, 0.15) is 0 Å². The third-order valence-electron chi connectivity index (χ3n) is 3.34. The largest absolute Gasteiger partial charge is 0.314 e. The molecule has 1 atom stereocenters. The third kappa shape index (κ3) is 4.43. The molecule has 0 aliphatic carbocycles. The summed E-state index contributed by atoms with van der Waals surface area (Å²) in [5.41, 5.74) is 5.24. The summed E-state index contributed by atoms with van der Waals surface area (Å²) in [5, 5.41) is 6.96. The molecular formula is C17H24N2S. The van der Waals surface area contributed by atoms with E-state index in [9.17, 15) is 0 Å². The number of thiazole rings is 1. The maximum absolute atomic E-state index is 4.59. The molecule has 20 heavy (non-hydrogen) atoms. The Kier molecular flexibility index (Phi) is 5.32. The van der Waals surface area contributed by atoms with Crippen LogP contribution in [-0.4, -0.2) is 17.6 Å². The number of hydrogen-bond donors (Lipinski definition) is 1. The fourth-order valence-electron chi connectivity index (χ4n) is 2.68. The Morgan fingerprint density at radius 2 is 1.80 bits per heavy atom. The third-order valence-corrected chi connectivity index (χ3v) is 4.33. The predicted octanol–water partition coefficient (Wildman–Crippen LogP) is 3.83. The van der Waals surface area contributed by atoms with Crippen molar-refractivity contribution in [2.24, 2.45) is 0 Å². The maximum atomic E-state index is 4.59. The number of nitrogens with one attached hydrogen (secondary N) is 1. The summed E-state index contributed by atoms with van der Waals surface area (Å²) in [5.74, 6) is 0. The zero-order valence-electron chi connectivity index (χ0n) is 12.9. The molecule has 0 fully saturated rings. The van der Waals surface area contributed by atoms with Gasteiger partial charge in [0, 0.05) is 23.5 Å². The van der Waals surface area contributed by atoms with Gasteiger partial charge in [-0.05, 0) is 39.3 Å². The molecule has 108 valence electrons. The second kappa shape index (κ2) is 7.00. The molecule has 1 N–H and O–H groups in total. The zero-order valence-corrected chi connectivity index (χ0v) is 13.7. The summed E-state index contributed by atoms with van der Waals surface area (Å²) >= 11 is 1.77. The lowest BCUT2D eigenvalue weighted by Gasteiger charge is -2.17. The molecule has 2 nitrogen and oxygen atoms in total. The minimum absolute atomic E-state index is 0.465. The highest BCUT2D eigenvalue weighted by Crippen LogP contribution is 2.15. The second-order valence-electron chi connectivity index (χ2n) is 5.54. The van der Waals surface area contributed by atoms with Crippen LogP contribution in [0.3, 0.4) is 0 Å². The van der Waals surface area contributed by atoms with Crippen LogP contribution in [0.4, 0.5) is 0 Å². The van der Waals surface area contributed by atoms with Crippen LogP contribution in [0, 0.1) is 20.8 Å². The van der Waals surface area contributed by atoms with Crippen molar-refractivity contribution in [3.8, 4) is 0 Å². The number of rotatable bonds is 6. The van der Waals surface area contributed by atoms with Crippen molar-refractivity contribution in [3.05, 3.63) is 51.0 Å². The van der Waals surface area contributed by atoms with Gasteiger partial charge in [0.25, 0.3) is 0 Å². The Hall–Kier alpha value is -1.19. The molecule has 0 amide bonds. The zero-order chi connectivity index (χ0) is 14.5. The highest BCUT2D eigenvalue weighted by molar-refractivity contribution is 7.09. The summed E-state index contributed by atoms with van der Waals surface area (Å²) in [7, 11) is 0. The van der Waals surface area contributed by atoms with Crippen LogP contribution in [0.15, 0.2) is 23.6 Å². The van der Waals surface area contributed by atoms with Crippen LogP contribution in [0.5, 0.6) is 0 Å². The Labute approximate surface area is 126 Å². The Morgan fingerprint density at radius 3 is 2.35 bits per heavy atom. The Balaban J connectivity index is 2.08. The lowest BCUT2D eigenvalue weighted by atomic mass is 9.99. The minimum atomic E-state index is 0.465. The molecule has 0 saturated heterocycles. The SMILES string of the molecule is CCNC(Cc1cc(C)cc(C)c1)Cc1nc(C)cs1. The molecule has 0 spiro atoms. The van der Waals surface area contributed by atoms with Gasteiger partial charge in [0.05, 0.1) is 5.01 Å². The number of nitrogens with zero attached hydrogens (tertiary/aromatic N) is 1. The van der Waals surface area contributed by atoms with Crippen molar-refractivity contribution in [3.63, 3.8) is 0 Å². The van der Waals surface area contributed by atoms with Gasteiger partial charge < -0.3 is 5.32 Å². The van der Waals surface area contributed by atoms with Gasteiger partial charge in [0.2, 0.25) is 0 Å². The summed E-state index contributed by atoms with van der Waals surface area (Å²) < 4.78 is 0. The molecule has 3 heteroatoms. The Bertz CT molecular complexity index is 540. The van der Waals surface area contributed by atoms with E-state index in [-0.39, 0.29) is 0 Å². The van der Waals surface area contributed by atoms with E-state index < -0.39 is 0 Å². The topological polar surface area (TPSA) is 24.9 Å². The van der Waals surface area contributed by atoms with Crippen molar-refractivity contribution < 1.29 is 0 Å². The predicted molar refractivity (Wildman–Crippen MR) is 87.6 cm³/mol. The van der Waals surface area contributed by atoms with Gasteiger partial charge in [0.15, 0.2) is 0 Å². The molecule has 1 aromatic carbocycles.